The minimum atomic E-state index is 0. The fraction of sp³-hybridized carbons (Fsp3) is 0.0769. The molecule has 2 nitrogen and oxygen atoms in total. The molecule has 2 rings (SSSR count). The van der Waals surface area contributed by atoms with Crippen LogP contribution >= 0.6 is 0 Å². The molecule has 0 unspecified atom stereocenters. The van der Waals surface area contributed by atoms with Crippen molar-refractivity contribution >= 4 is 40.9 Å². The Morgan fingerprint density at radius 1 is 0.625 bits per heavy atom. The maximum Gasteiger partial charge on any atom is 0.0849 e. The molecule has 0 aliphatic heterocycles. The zero-order chi connectivity index (χ0) is 10.3. The van der Waals surface area contributed by atoms with Gasteiger partial charge in [-0.1, -0.05) is 36.4 Å². The van der Waals surface area contributed by atoms with Gasteiger partial charge in [0.05, 0.1) is 6.67 Å². The van der Waals surface area contributed by atoms with Crippen LogP contribution in [-0.4, -0.2) is 36.2 Å². The van der Waals surface area contributed by atoms with Gasteiger partial charge in [-0.05, 0) is 24.3 Å². The number of para-hydroxylation sites is 2. The molecule has 16 heavy (non-hydrogen) atoms. The first-order valence-electron chi connectivity index (χ1n) is 5.03. The van der Waals surface area contributed by atoms with Crippen LogP contribution in [0.15, 0.2) is 60.7 Å². The van der Waals surface area contributed by atoms with Crippen molar-refractivity contribution in [3.05, 3.63) is 60.7 Å². The summed E-state index contributed by atoms with van der Waals surface area (Å²) in [4.78, 5) is 0. The maximum atomic E-state index is 3.28. The second kappa shape index (κ2) is 7.34. The number of hydrogen-bond donors (Lipinski definition) is 2. The molecule has 2 aromatic rings. The summed E-state index contributed by atoms with van der Waals surface area (Å²) in [5, 5.41) is 6.56. The first-order valence-corrected chi connectivity index (χ1v) is 5.03. The summed E-state index contributed by atoms with van der Waals surface area (Å²) in [5.41, 5.74) is 2.25. The molecular weight excluding hydrogens is 207 g/mol. The Morgan fingerprint density at radius 2 is 1.00 bits per heavy atom. The Kier molecular flexibility index (Phi) is 6.01. The van der Waals surface area contributed by atoms with Gasteiger partial charge in [0.2, 0.25) is 0 Å². The van der Waals surface area contributed by atoms with Gasteiger partial charge in [-0.15, -0.1) is 0 Å². The molecular formula is C13H15N2Na. The van der Waals surface area contributed by atoms with Gasteiger partial charge < -0.3 is 10.6 Å². The molecule has 0 radical (unpaired) electrons. The monoisotopic (exact) mass is 222 g/mol. The van der Waals surface area contributed by atoms with E-state index in [-0.39, 0.29) is 29.6 Å². The van der Waals surface area contributed by atoms with E-state index in [2.05, 4.69) is 10.6 Å². The van der Waals surface area contributed by atoms with Crippen LogP contribution in [0.4, 0.5) is 11.4 Å². The minimum absolute atomic E-state index is 0. The topological polar surface area (TPSA) is 24.1 Å². The van der Waals surface area contributed by atoms with E-state index >= 15 is 0 Å². The zero-order valence-electron chi connectivity index (χ0n) is 8.48. The second-order valence-corrected chi connectivity index (χ2v) is 3.26. The number of hydrogen-bond acceptors (Lipinski definition) is 2. The molecule has 0 aromatic heterocycles. The zero-order valence-corrected chi connectivity index (χ0v) is 8.48. The predicted octanol–water partition coefficient (Wildman–Crippen LogP) is 2.52. The summed E-state index contributed by atoms with van der Waals surface area (Å²) >= 11 is 0. The van der Waals surface area contributed by atoms with E-state index in [0.29, 0.717) is 0 Å². The fourth-order valence-corrected chi connectivity index (χ4v) is 1.36. The van der Waals surface area contributed by atoms with Gasteiger partial charge in [-0.3, -0.25) is 0 Å². The summed E-state index contributed by atoms with van der Waals surface area (Å²) in [7, 11) is 0. The Labute approximate surface area is 118 Å². The van der Waals surface area contributed by atoms with Gasteiger partial charge in [0.1, 0.15) is 0 Å². The fourth-order valence-electron chi connectivity index (χ4n) is 1.36. The van der Waals surface area contributed by atoms with Crippen molar-refractivity contribution < 1.29 is 0 Å². The van der Waals surface area contributed by atoms with Gasteiger partial charge in [0.15, 0.2) is 0 Å². The van der Waals surface area contributed by atoms with Gasteiger partial charge in [-0.2, -0.15) is 0 Å². The van der Waals surface area contributed by atoms with Gasteiger partial charge in [-0.25, -0.2) is 0 Å². The van der Waals surface area contributed by atoms with E-state index in [1.807, 2.05) is 60.7 Å². The van der Waals surface area contributed by atoms with Crippen LogP contribution in [0.2, 0.25) is 0 Å². The van der Waals surface area contributed by atoms with Crippen LogP contribution in [-0.2, 0) is 0 Å². The molecule has 3 heteroatoms. The normalized spacial score (nSPS) is 9.00. The molecule has 0 aliphatic rings. The SMILES string of the molecule is [NaH].c1ccc(NCNc2ccccc2)cc1. The third kappa shape index (κ3) is 4.27. The molecule has 0 spiro atoms. The van der Waals surface area contributed by atoms with Crippen molar-refractivity contribution in [2.45, 2.75) is 0 Å². The van der Waals surface area contributed by atoms with Crippen molar-refractivity contribution in [2.75, 3.05) is 17.3 Å². The van der Waals surface area contributed by atoms with Gasteiger partial charge >= 0.3 is 29.6 Å². The molecule has 0 fully saturated rings. The standard InChI is InChI=1S/C13H14N2.Na.H/c1-3-7-12(8-4-1)14-11-15-13-9-5-2-6-10-13;;/h1-10,14-15H,11H2;;. The first kappa shape index (κ1) is 13.1. The maximum absolute atomic E-state index is 3.28. The smallest absolute Gasteiger partial charge is 0.0849 e. The third-order valence-electron chi connectivity index (χ3n) is 2.13. The third-order valence-corrected chi connectivity index (χ3v) is 2.13. The van der Waals surface area contributed by atoms with Crippen molar-refractivity contribution in [1.82, 2.24) is 0 Å². The van der Waals surface area contributed by atoms with Crippen LogP contribution in [0.3, 0.4) is 0 Å². The van der Waals surface area contributed by atoms with Crippen LogP contribution in [0.25, 0.3) is 0 Å². The predicted molar refractivity (Wildman–Crippen MR) is 72.1 cm³/mol. The largest absolute Gasteiger partial charge is 0.368 e. The summed E-state index contributed by atoms with van der Waals surface area (Å²) in [6.45, 7) is 0.730. The van der Waals surface area contributed by atoms with E-state index in [4.69, 9.17) is 0 Å². The van der Waals surface area contributed by atoms with Crippen LogP contribution in [0.1, 0.15) is 0 Å². The molecule has 2 aromatic carbocycles. The van der Waals surface area contributed by atoms with Crippen LogP contribution < -0.4 is 10.6 Å². The summed E-state index contributed by atoms with van der Waals surface area (Å²) in [6.07, 6.45) is 0. The Morgan fingerprint density at radius 3 is 1.38 bits per heavy atom. The van der Waals surface area contributed by atoms with E-state index in [1.165, 1.54) is 0 Å². The van der Waals surface area contributed by atoms with Crippen LogP contribution in [0.5, 0.6) is 0 Å². The molecule has 0 bridgehead atoms. The van der Waals surface area contributed by atoms with E-state index in [0.717, 1.165) is 18.0 Å². The molecule has 2 N–H and O–H groups in total. The van der Waals surface area contributed by atoms with Gasteiger partial charge in [0.25, 0.3) is 0 Å². The molecule has 0 heterocycles. The average Bonchev–Trinajstić information content (AvgIpc) is 2.32. The van der Waals surface area contributed by atoms with E-state index in [9.17, 15) is 0 Å². The Bertz CT molecular complexity index is 350. The van der Waals surface area contributed by atoms with Crippen molar-refractivity contribution in [3.63, 3.8) is 0 Å². The summed E-state index contributed by atoms with van der Waals surface area (Å²) < 4.78 is 0. The van der Waals surface area contributed by atoms with Crippen molar-refractivity contribution in [1.29, 1.82) is 0 Å². The Hall–Kier alpha value is -0.960. The van der Waals surface area contributed by atoms with Gasteiger partial charge in [0, 0.05) is 11.4 Å². The van der Waals surface area contributed by atoms with E-state index < -0.39 is 0 Å². The van der Waals surface area contributed by atoms with Crippen molar-refractivity contribution in [3.8, 4) is 0 Å². The number of benzene rings is 2. The summed E-state index contributed by atoms with van der Waals surface area (Å²) in [5.74, 6) is 0. The number of nitrogens with one attached hydrogen (secondary N) is 2. The molecule has 0 saturated heterocycles. The number of anilines is 2. The molecule has 0 aliphatic carbocycles. The second-order valence-electron chi connectivity index (χ2n) is 3.26. The number of rotatable bonds is 4. The van der Waals surface area contributed by atoms with Crippen LogP contribution in [0, 0.1) is 0 Å². The van der Waals surface area contributed by atoms with Crippen molar-refractivity contribution in [2.24, 2.45) is 0 Å². The quantitative estimate of drug-likeness (QED) is 0.613. The molecule has 78 valence electrons. The van der Waals surface area contributed by atoms with E-state index in [1.54, 1.807) is 0 Å². The minimum Gasteiger partial charge on any atom is -0.368 e. The average molecular weight is 222 g/mol. The first-order chi connectivity index (χ1) is 7.45. The molecule has 0 saturated carbocycles. The Balaban J connectivity index is 0.00000128. The molecule has 0 amide bonds. The summed E-state index contributed by atoms with van der Waals surface area (Å²) in [6, 6.07) is 20.3. The molecule has 0 atom stereocenters.